The number of nitrogens with one attached hydrogen (secondary N) is 1. The molecule has 1 N–H and O–H groups in total. The second kappa shape index (κ2) is 8.04. The fourth-order valence-corrected chi connectivity index (χ4v) is 1.96. The van der Waals surface area contributed by atoms with Gasteiger partial charge in [-0.25, -0.2) is 0 Å². The van der Waals surface area contributed by atoms with Crippen LogP contribution in [-0.4, -0.2) is 26.9 Å². The lowest BCUT2D eigenvalue weighted by Gasteiger charge is -2.12. The number of ether oxygens (including phenoxy) is 3. The first kappa shape index (κ1) is 15.0. The minimum atomic E-state index is 0.555. The van der Waals surface area contributed by atoms with E-state index < -0.39 is 0 Å². The molecule has 0 bridgehead atoms. The minimum absolute atomic E-state index is 0.555. The van der Waals surface area contributed by atoms with Gasteiger partial charge >= 0.3 is 0 Å². The molecule has 21 heavy (non-hydrogen) atoms. The van der Waals surface area contributed by atoms with Crippen LogP contribution in [0.4, 0.5) is 5.69 Å². The lowest BCUT2D eigenvalue weighted by atomic mass is 10.3. The Bertz CT molecular complexity index is 557. The Balaban J connectivity index is 1.80. The molecular formula is C17H21NO3. The summed E-state index contributed by atoms with van der Waals surface area (Å²) in [6.45, 7) is 3.90. The number of hydrogen-bond acceptors (Lipinski definition) is 4. The molecule has 112 valence electrons. The molecule has 0 spiro atoms. The van der Waals surface area contributed by atoms with E-state index in [-0.39, 0.29) is 0 Å². The van der Waals surface area contributed by atoms with Gasteiger partial charge in [0.15, 0.2) is 11.5 Å². The van der Waals surface area contributed by atoms with E-state index >= 15 is 0 Å². The molecule has 0 unspecified atom stereocenters. The van der Waals surface area contributed by atoms with Crippen LogP contribution in [0.25, 0.3) is 0 Å². The fourth-order valence-electron chi connectivity index (χ4n) is 1.96. The average Bonchev–Trinajstić information content (AvgIpc) is 2.53. The lowest BCUT2D eigenvalue weighted by molar-refractivity contribution is 0.306. The monoisotopic (exact) mass is 287 g/mol. The van der Waals surface area contributed by atoms with Crippen molar-refractivity contribution in [3.63, 3.8) is 0 Å². The zero-order valence-electron chi connectivity index (χ0n) is 12.5. The van der Waals surface area contributed by atoms with E-state index in [9.17, 15) is 0 Å². The smallest absolute Gasteiger partial charge is 0.161 e. The molecule has 2 aromatic carbocycles. The van der Waals surface area contributed by atoms with Crippen molar-refractivity contribution in [2.75, 3.05) is 32.2 Å². The maximum atomic E-state index is 5.71. The molecule has 0 aromatic heterocycles. The highest BCUT2D eigenvalue weighted by molar-refractivity contribution is 5.48. The number of hydrogen-bond donors (Lipinski definition) is 1. The molecular weight excluding hydrogens is 266 g/mol. The van der Waals surface area contributed by atoms with Crippen LogP contribution in [-0.2, 0) is 0 Å². The van der Waals surface area contributed by atoms with Gasteiger partial charge in [0.25, 0.3) is 0 Å². The number of anilines is 1. The first-order chi connectivity index (χ1) is 10.3. The van der Waals surface area contributed by atoms with Crippen LogP contribution in [0.3, 0.4) is 0 Å². The predicted octanol–water partition coefficient (Wildman–Crippen LogP) is 3.58. The molecule has 0 heterocycles. The van der Waals surface area contributed by atoms with Crippen LogP contribution >= 0.6 is 0 Å². The molecule has 0 saturated carbocycles. The van der Waals surface area contributed by atoms with Crippen molar-refractivity contribution in [3.05, 3.63) is 48.5 Å². The molecule has 0 saturated heterocycles. The van der Waals surface area contributed by atoms with Crippen molar-refractivity contribution in [1.29, 1.82) is 0 Å². The van der Waals surface area contributed by atoms with Crippen LogP contribution in [0, 0.1) is 0 Å². The number of methoxy groups -OCH3 is 1. The van der Waals surface area contributed by atoms with Crippen LogP contribution in [0.5, 0.6) is 17.2 Å². The van der Waals surface area contributed by atoms with Gasteiger partial charge in [-0.1, -0.05) is 18.2 Å². The molecule has 0 atom stereocenters. The Kier molecular flexibility index (Phi) is 5.76. The molecule has 4 heteroatoms. The van der Waals surface area contributed by atoms with Gasteiger partial charge in [-0.15, -0.1) is 0 Å². The molecule has 2 aromatic rings. The Labute approximate surface area is 125 Å². The predicted molar refractivity (Wildman–Crippen MR) is 84.6 cm³/mol. The Morgan fingerprint density at radius 2 is 1.76 bits per heavy atom. The van der Waals surface area contributed by atoms with Gasteiger partial charge in [-0.2, -0.15) is 0 Å². The highest BCUT2D eigenvalue weighted by atomic mass is 16.5. The summed E-state index contributed by atoms with van der Waals surface area (Å²) in [6.07, 6.45) is 0. The average molecular weight is 287 g/mol. The van der Waals surface area contributed by atoms with Crippen molar-refractivity contribution in [1.82, 2.24) is 0 Å². The normalized spacial score (nSPS) is 10.0. The largest absolute Gasteiger partial charge is 0.494 e. The van der Waals surface area contributed by atoms with E-state index in [1.165, 1.54) is 0 Å². The van der Waals surface area contributed by atoms with Gasteiger partial charge in [0, 0.05) is 18.3 Å². The van der Waals surface area contributed by atoms with Crippen molar-refractivity contribution >= 4 is 5.69 Å². The van der Waals surface area contributed by atoms with Crippen LogP contribution in [0.2, 0.25) is 0 Å². The zero-order chi connectivity index (χ0) is 14.9. The van der Waals surface area contributed by atoms with Gasteiger partial charge in [0.1, 0.15) is 12.4 Å². The highest BCUT2D eigenvalue weighted by Gasteiger charge is 2.02. The summed E-state index contributed by atoms with van der Waals surface area (Å²) in [6, 6.07) is 15.5. The first-order valence-electron chi connectivity index (χ1n) is 7.06. The number of rotatable bonds is 8. The van der Waals surface area contributed by atoms with Gasteiger partial charge in [-0.05, 0) is 31.2 Å². The molecule has 0 fully saturated rings. The minimum Gasteiger partial charge on any atom is -0.494 e. The quantitative estimate of drug-likeness (QED) is 0.753. The summed E-state index contributed by atoms with van der Waals surface area (Å²) in [5, 5.41) is 3.31. The van der Waals surface area contributed by atoms with E-state index in [1.807, 2.05) is 55.5 Å². The number of para-hydroxylation sites is 2. The molecule has 0 radical (unpaired) electrons. The molecule has 0 amide bonds. The second-order valence-corrected chi connectivity index (χ2v) is 4.39. The summed E-state index contributed by atoms with van der Waals surface area (Å²) in [5.74, 6) is 2.37. The molecule has 2 rings (SSSR count). The third-order valence-corrected chi connectivity index (χ3v) is 2.90. The highest BCUT2D eigenvalue weighted by Crippen LogP contribution is 2.25. The van der Waals surface area contributed by atoms with Crippen molar-refractivity contribution in [2.24, 2.45) is 0 Å². The third kappa shape index (κ3) is 4.60. The lowest BCUT2D eigenvalue weighted by Crippen LogP contribution is -2.11. The van der Waals surface area contributed by atoms with Gasteiger partial charge in [-0.3, -0.25) is 0 Å². The molecule has 0 aliphatic carbocycles. The van der Waals surface area contributed by atoms with Crippen molar-refractivity contribution in [3.8, 4) is 17.2 Å². The first-order valence-corrected chi connectivity index (χ1v) is 7.06. The maximum Gasteiger partial charge on any atom is 0.161 e. The van der Waals surface area contributed by atoms with Crippen molar-refractivity contribution < 1.29 is 14.2 Å². The van der Waals surface area contributed by atoms with Gasteiger partial charge in [0.2, 0.25) is 0 Å². The standard InChI is InChI=1S/C17H21NO3/c1-3-20-15-8-6-7-14(13-15)18-11-12-21-17-10-5-4-9-16(17)19-2/h4-10,13,18H,3,11-12H2,1-2H3. The summed E-state index contributed by atoms with van der Waals surface area (Å²) in [5.41, 5.74) is 1.02. The third-order valence-electron chi connectivity index (χ3n) is 2.90. The summed E-state index contributed by atoms with van der Waals surface area (Å²) in [7, 11) is 1.64. The maximum absolute atomic E-state index is 5.71. The van der Waals surface area contributed by atoms with Crippen LogP contribution in [0.15, 0.2) is 48.5 Å². The molecule has 4 nitrogen and oxygen atoms in total. The van der Waals surface area contributed by atoms with Gasteiger partial charge < -0.3 is 19.5 Å². The topological polar surface area (TPSA) is 39.7 Å². The Hall–Kier alpha value is -2.36. The van der Waals surface area contributed by atoms with Crippen LogP contribution in [0.1, 0.15) is 6.92 Å². The van der Waals surface area contributed by atoms with E-state index in [1.54, 1.807) is 7.11 Å². The second-order valence-electron chi connectivity index (χ2n) is 4.39. The number of benzene rings is 2. The fraction of sp³-hybridized carbons (Fsp3) is 0.294. The van der Waals surface area contributed by atoms with E-state index in [4.69, 9.17) is 14.2 Å². The molecule has 0 aliphatic heterocycles. The molecule has 0 aliphatic rings. The van der Waals surface area contributed by atoms with E-state index in [2.05, 4.69) is 5.32 Å². The Morgan fingerprint density at radius 3 is 2.52 bits per heavy atom. The SMILES string of the molecule is CCOc1cccc(NCCOc2ccccc2OC)c1. The van der Waals surface area contributed by atoms with E-state index in [0.717, 1.165) is 22.9 Å². The Morgan fingerprint density at radius 1 is 0.952 bits per heavy atom. The van der Waals surface area contributed by atoms with Crippen molar-refractivity contribution in [2.45, 2.75) is 6.92 Å². The van der Waals surface area contributed by atoms with E-state index in [0.29, 0.717) is 19.8 Å². The summed E-state index contributed by atoms with van der Waals surface area (Å²) in [4.78, 5) is 0. The van der Waals surface area contributed by atoms with Crippen LogP contribution < -0.4 is 19.5 Å². The zero-order valence-corrected chi connectivity index (χ0v) is 12.5. The summed E-state index contributed by atoms with van der Waals surface area (Å²) < 4.78 is 16.4. The van der Waals surface area contributed by atoms with Gasteiger partial charge in [0.05, 0.1) is 13.7 Å². The summed E-state index contributed by atoms with van der Waals surface area (Å²) >= 11 is 0.